The molecule has 0 atom stereocenters. The first-order valence-corrected chi connectivity index (χ1v) is 10.2. The number of nitrogens with one attached hydrogen (secondary N) is 2. The molecule has 0 aliphatic carbocycles. The highest BCUT2D eigenvalue weighted by atomic mass is 127. The molecular formula is C18H26ClIN6S. The van der Waals surface area contributed by atoms with Crippen molar-refractivity contribution in [1.82, 2.24) is 20.6 Å². The number of halogens is 2. The molecule has 0 aromatic carbocycles. The van der Waals surface area contributed by atoms with Crippen molar-refractivity contribution in [3.05, 3.63) is 40.1 Å². The average Bonchev–Trinajstić information content (AvgIpc) is 3.33. The third-order valence-corrected chi connectivity index (χ3v) is 5.48. The molecule has 0 radical (unpaired) electrons. The van der Waals surface area contributed by atoms with Gasteiger partial charge in [0.1, 0.15) is 5.15 Å². The molecule has 27 heavy (non-hydrogen) atoms. The summed E-state index contributed by atoms with van der Waals surface area (Å²) in [5, 5.41) is 10.5. The lowest BCUT2D eigenvalue weighted by molar-refractivity contribution is 0.776. The first-order valence-electron chi connectivity index (χ1n) is 8.99. The summed E-state index contributed by atoms with van der Waals surface area (Å²) in [5.74, 6) is 0.807. The van der Waals surface area contributed by atoms with Crippen LogP contribution in [0.2, 0.25) is 5.15 Å². The van der Waals surface area contributed by atoms with Crippen LogP contribution >= 0.6 is 46.9 Å². The Labute approximate surface area is 186 Å². The molecule has 2 aromatic heterocycles. The van der Waals surface area contributed by atoms with E-state index in [1.165, 1.54) is 12.8 Å². The van der Waals surface area contributed by atoms with Crippen molar-refractivity contribution in [2.75, 3.05) is 38.1 Å². The fourth-order valence-electron chi connectivity index (χ4n) is 2.87. The van der Waals surface area contributed by atoms with Crippen molar-refractivity contribution in [2.45, 2.75) is 25.7 Å². The molecule has 0 bridgehead atoms. The van der Waals surface area contributed by atoms with Gasteiger partial charge in [-0.15, -0.1) is 35.3 Å². The summed E-state index contributed by atoms with van der Waals surface area (Å²) in [7, 11) is 1.79. The van der Waals surface area contributed by atoms with Crippen LogP contribution in [0.4, 0.5) is 5.13 Å². The maximum absolute atomic E-state index is 5.80. The zero-order valence-electron chi connectivity index (χ0n) is 15.4. The second-order valence-corrected chi connectivity index (χ2v) is 7.45. The van der Waals surface area contributed by atoms with E-state index in [1.54, 1.807) is 24.6 Å². The third kappa shape index (κ3) is 7.08. The fraction of sp³-hybridized carbons (Fsp3) is 0.500. The Kier molecular flexibility index (Phi) is 9.57. The van der Waals surface area contributed by atoms with Crippen LogP contribution in [0, 0.1) is 0 Å². The summed E-state index contributed by atoms with van der Waals surface area (Å²) in [5.41, 5.74) is 2.29. The Morgan fingerprint density at radius 2 is 1.96 bits per heavy atom. The highest BCUT2D eigenvalue weighted by molar-refractivity contribution is 14.0. The normalized spacial score (nSPS) is 14.1. The minimum Gasteiger partial charge on any atom is -0.356 e. The van der Waals surface area contributed by atoms with Gasteiger partial charge in [-0.3, -0.25) is 4.99 Å². The number of hydrogen-bond donors (Lipinski definition) is 2. The van der Waals surface area contributed by atoms with Gasteiger partial charge in [-0.2, -0.15) is 0 Å². The highest BCUT2D eigenvalue weighted by Crippen LogP contribution is 2.24. The number of anilines is 1. The van der Waals surface area contributed by atoms with Gasteiger partial charge in [0, 0.05) is 51.2 Å². The van der Waals surface area contributed by atoms with Crippen LogP contribution in [-0.2, 0) is 12.8 Å². The van der Waals surface area contributed by atoms with Crippen molar-refractivity contribution in [3.8, 4) is 0 Å². The van der Waals surface area contributed by atoms with Crippen molar-refractivity contribution in [2.24, 2.45) is 4.99 Å². The van der Waals surface area contributed by atoms with Crippen LogP contribution in [-0.4, -0.2) is 49.2 Å². The quantitative estimate of drug-likeness (QED) is 0.254. The van der Waals surface area contributed by atoms with E-state index in [-0.39, 0.29) is 24.0 Å². The zero-order valence-corrected chi connectivity index (χ0v) is 19.4. The molecule has 1 fully saturated rings. The van der Waals surface area contributed by atoms with E-state index in [9.17, 15) is 0 Å². The van der Waals surface area contributed by atoms with Gasteiger partial charge in [0.15, 0.2) is 11.1 Å². The van der Waals surface area contributed by atoms with E-state index in [2.05, 4.69) is 30.9 Å². The lowest BCUT2D eigenvalue weighted by atomic mass is 10.2. The Balaban J connectivity index is 0.00000261. The lowest BCUT2D eigenvalue weighted by Gasteiger charge is -2.12. The van der Waals surface area contributed by atoms with Crippen molar-refractivity contribution >= 4 is 58.0 Å². The number of nitrogens with zero attached hydrogens (tertiary/aromatic N) is 4. The van der Waals surface area contributed by atoms with Gasteiger partial charge in [-0.1, -0.05) is 17.7 Å². The van der Waals surface area contributed by atoms with Crippen LogP contribution < -0.4 is 15.5 Å². The molecule has 3 heterocycles. The molecule has 0 saturated carbocycles. The van der Waals surface area contributed by atoms with Gasteiger partial charge in [0.05, 0.1) is 5.69 Å². The number of guanidine groups is 1. The number of rotatable bonds is 7. The SMILES string of the molecule is CN=C(NCCc1ccc(Cl)nc1)NCCc1csc(N2CCCC2)n1.I. The topological polar surface area (TPSA) is 65.4 Å². The smallest absolute Gasteiger partial charge is 0.190 e. The molecule has 1 saturated heterocycles. The second-order valence-electron chi connectivity index (χ2n) is 6.23. The molecule has 6 nitrogen and oxygen atoms in total. The molecule has 0 spiro atoms. The third-order valence-electron chi connectivity index (χ3n) is 4.31. The molecule has 1 aliphatic heterocycles. The minimum absolute atomic E-state index is 0. The van der Waals surface area contributed by atoms with Crippen molar-refractivity contribution in [3.63, 3.8) is 0 Å². The number of hydrogen-bond acceptors (Lipinski definition) is 5. The summed E-state index contributed by atoms with van der Waals surface area (Å²) in [6, 6.07) is 3.81. The number of thiazole rings is 1. The van der Waals surface area contributed by atoms with Gasteiger partial charge in [-0.25, -0.2) is 9.97 Å². The standard InChI is InChI=1S/C18H25ClN6S.HI/c1-20-17(21-8-6-14-4-5-16(19)23-12-14)22-9-7-15-13-26-18(24-15)25-10-2-3-11-25;/h4-5,12-13H,2-3,6-11H2,1H3,(H2,20,21,22);1H. The summed E-state index contributed by atoms with van der Waals surface area (Å²) in [6.07, 6.45) is 6.14. The predicted octanol–water partition coefficient (Wildman–Crippen LogP) is 3.36. The van der Waals surface area contributed by atoms with Crippen LogP contribution in [0.25, 0.3) is 0 Å². The number of aromatic nitrogens is 2. The minimum atomic E-state index is 0. The molecule has 3 rings (SSSR count). The van der Waals surface area contributed by atoms with Crippen molar-refractivity contribution < 1.29 is 0 Å². The van der Waals surface area contributed by atoms with E-state index in [0.717, 1.165) is 61.4 Å². The maximum atomic E-state index is 5.80. The largest absolute Gasteiger partial charge is 0.356 e. The van der Waals surface area contributed by atoms with E-state index in [0.29, 0.717) is 5.15 Å². The predicted molar refractivity (Wildman–Crippen MR) is 125 cm³/mol. The molecule has 0 amide bonds. The molecular weight excluding hydrogens is 495 g/mol. The maximum Gasteiger partial charge on any atom is 0.190 e. The Bertz CT molecular complexity index is 715. The first kappa shape index (κ1) is 22.2. The Hall–Kier alpha value is -1.13. The van der Waals surface area contributed by atoms with Gasteiger partial charge in [0.25, 0.3) is 0 Å². The second kappa shape index (κ2) is 11.7. The monoisotopic (exact) mass is 520 g/mol. The van der Waals surface area contributed by atoms with Gasteiger partial charge >= 0.3 is 0 Å². The molecule has 148 valence electrons. The fourth-order valence-corrected chi connectivity index (χ4v) is 3.90. The molecule has 1 aliphatic rings. The highest BCUT2D eigenvalue weighted by Gasteiger charge is 2.15. The molecule has 0 unspecified atom stereocenters. The zero-order chi connectivity index (χ0) is 18.2. The summed E-state index contributed by atoms with van der Waals surface area (Å²) >= 11 is 7.55. The van der Waals surface area contributed by atoms with E-state index in [4.69, 9.17) is 16.6 Å². The summed E-state index contributed by atoms with van der Waals surface area (Å²) in [6.45, 7) is 3.89. The number of pyridine rings is 1. The number of aliphatic imine (C=N–C) groups is 1. The molecule has 9 heteroatoms. The van der Waals surface area contributed by atoms with Crippen molar-refractivity contribution in [1.29, 1.82) is 0 Å². The Morgan fingerprint density at radius 3 is 2.63 bits per heavy atom. The molecule has 2 aromatic rings. The van der Waals surface area contributed by atoms with Gasteiger partial charge in [0.2, 0.25) is 0 Å². The van der Waals surface area contributed by atoms with E-state index < -0.39 is 0 Å². The van der Waals surface area contributed by atoms with E-state index in [1.807, 2.05) is 12.1 Å². The van der Waals surface area contributed by atoms with Gasteiger partial charge < -0.3 is 15.5 Å². The van der Waals surface area contributed by atoms with Crippen LogP contribution in [0.15, 0.2) is 28.7 Å². The van der Waals surface area contributed by atoms with Crippen LogP contribution in [0.1, 0.15) is 24.1 Å². The average molecular weight is 521 g/mol. The van der Waals surface area contributed by atoms with Crippen LogP contribution in [0.3, 0.4) is 0 Å². The van der Waals surface area contributed by atoms with Crippen LogP contribution in [0.5, 0.6) is 0 Å². The lowest BCUT2D eigenvalue weighted by Crippen LogP contribution is -2.39. The summed E-state index contributed by atoms with van der Waals surface area (Å²) in [4.78, 5) is 15.5. The van der Waals surface area contributed by atoms with Gasteiger partial charge in [-0.05, 0) is 30.9 Å². The molecule has 2 N–H and O–H groups in total. The first-order chi connectivity index (χ1) is 12.7. The summed E-state index contributed by atoms with van der Waals surface area (Å²) < 4.78 is 0. The Morgan fingerprint density at radius 1 is 1.22 bits per heavy atom. The van der Waals surface area contributed by atoms with E-state index >= 15 is 0 Å².